The summed E-state index contributed by atoms with van der Waals surface area (Å²) in [6, 6.07) is 9.03. The van der Waals surface area contributed by atoms with Gasteiger partial charge in [0.25, 0.3) is 10.0 Å². The Morgan fingerprint density at radius 3 is 2.43 bits per heavy atom. The zero-order valence-electron chi connectivity index (χ0n) is 16.2. The Kier molecular flexibility index (Phi) is 6.49. The molecule has 1 aromatic heterocycles. The van der Waals surface area contributed by atoms with Gasteiger partial charge in [-0.25, -0.2) is 8.42 Å². The Bertz CT molecular complexity index is 964. The molecule has 2 aromatic rings. The minimum atomic E-state index is -3.50. The zero-order valence-corrected chi connectivity index (χ0v) is 18.6. The highest BCUT2D eigenvalue weighted by Gasteiger charge is 2.34. The van der Waals surface area contributed by atoms with E-state index in [1.165, 1.54) is 9.87 Å². The van der Waals surface area contributed by atoms with Gasteiger partial charge in [-0.05, 0) is 68.0 Å². The molecule has 2 heterocycles. The third-order valence-electron chi connectivity index (χ3n) is 5.54. The van der Waals surface area contributed by atoms with Crippen molar-refractivity contribution < 1.29 is 13.2 Å². The van der Waals surface area contributed by atoms with Crippen LogP contribution in [0.15, 0.2) is 34.5 Å². The zero-order chi connectivity index (χ0) is 20.5. The topological polar surface area (TPSA) is 66.5 Å². The maximum atomic E-state index is 12.7. The van der Waals surface area contributed by atoms with Gasteiger partial charge in [0.2, 0.25) is 5.91 Å². The van der Waals surface area contributed by atoms with Gasteiger partial charge in [-0.2, -0.15) is 4.31 Å². The van der Waals surface area contributed by atoms with Gasteiger partial charge in [0, 0.05) is 24.7 Å². The quantitative estimate of drug-likeness (QED) is 0.733. The minimum Gasteiger partial charge on any atom is -0.326 e. The number of carbonyl (C=O) groups is 1. The van der Waals surface area contributed by atoms with Crippen LogP contribution in [-0.2, 0) is 14.8 Å². The lowest BCUT2D eigenvalue weighted by Gasteiger charge is -2.33. The maximum Gasteiger partial charge on any atom is 0.252 e. The lowest BCUT2D eigenvalue weighted by molar-refractivity contribution is -0.121. The van der Waals surface area contributed by atoms with E-state index >= 15 is 0 Å². The second-order valence-corrected chi connectivity index (χ2v) is 11.3. The first-order valence-corrected chi connectivity index (χ1v) is 12.0. The van der Waals surface area contributed by atoms with E-state index in [0.29, 0.717) is 30.3 Å². The predicted molar refractivity (Wildman–Crippen MR) is 115 cm³/mol. The molecule has 1 unspecified atom stereocenters. The van der Waals surface area contributed by atoms with Crippen LogP contribution in [0.5, 0.6) is 0 Å². The number of rotatable bonds is 5. The Labute approximate surface area is 175 Å². The third kappa shape index (κ3) is 4.59. The van der Waals surface area contributed by atoms with Gasteiger partial charge in [0.1, 0.15) is 4.21 Å². The smallest absolute Gasteiger partial charge is 0.252 e. The number of aryl methyl sites for hydroxylation is 2. The van der Waals surface area contributed by atoms with Gasteiger partial charge >= 0.3 is 0 Å². The highest BCUT2D eigenvalue weighted by Crippen LogP contribution is 2.32. The fraction of sp³-hybridized carbons (Fsp3) is 0.450. The van der Waals surface area contributed by atoms with Crippen molar-refractivity contribution in [1.29, 1.82) is 0 Å². The fourth-order valence-electron chi connectivity index (χ4n) is 3.47. The number of piperidine rings is 1. The van der Waals surface area contributed by atoms with E-state index in [9.17, 15) is 13.2 Å². The van der Waals surface area contributed by atoms with E-state index in [1.807, 2.05) is 39.0 Å². The first-order valence-electron chi connectivity index (χ1n) is 9.32. The number of nitrogens with one attached hydrogen (secondary N) is 1. The average molecular weight is 441 g/mol. The maximum absolute atomic E-state index is 12.7. The summed E-state index contributed by atoms with van der Waals surface area (Å²) >= 11 is 6.96. The van der Waals surface area contributed by atoms with E-state index in [-0.39, 0.29) is 22.0 Å². The molecule has 3 rings (SSSR count). The summed E-state index contributed by atoms with van der Waals surface area (Å²) in [7, 11) is -3.50. The lowest BCUT2D eigenvalue weighted by Crippen LogP contribution is -2.41. The molecule has 5 nitrogen and oxygen atoms in total. The summed E-state index contributed by atoms with van der Waals surface area (Å²) < 4.78 is 27.7. The van der Waals surface area contributed by atoms with Crippen molar-refractivity contribution in [3.05, 3.63) is 45.8 Å². The number of benzene rings is 1. The van der Waals surface area contributed by atoms with Crippen molar-refractivity contribution in [2.75, 3.05) is 18.4 Å². The Morgan fingerprint density at radius 2 is 1.86 bits per heavy atom. The van der Waals surface area contributed by atoms with Crippen molar-refractivity contribution in [3.63, 3.8) is 0 Å². The summed E-state index contributed by atoms with van der Waals surface area (Å²) in [6.45, 7) is 6.82. The fourth-order valence-corrected chi connectivity index (χ4v) is 6.58. The molecule has 0 spiro atoms. The largest absolute Gasteiger partial charge is 0.326 e. The van der Waals surface area contributed by atoms with Crippen LogP contribution in [0, 0.1) is 25.7 Å². The Balaban J connectivity index is 1.59. The number of anilines is 1. The van der Waals surface area contributed by atoms with E-state index in [1.54, 1.807) is 12.1 Å². The van der Waals surface area contributed by atoms with E-state index in [0.717, 1.165) is 22.6 Å². The average Bonchev–Trinajstić information content (AvgIpc) is 3.11. The molecular weight excluding hydrogens is 416 g/mol. The number of carbonyl (C=O) groups excluding carboxylic acids is 1. The minimum absolute atomic E-state index is 0.0189. The van der Waals surface area contributed by atoms with Crippen LogP contribution in [-0.4, -0.2) is 31.7 Å². The molecule has 1 fully saturated rings. The molecule has 152 valence electrons. The van der Waals surface area contributed by atoms with Crippen molar-refractivity contribution >= 4 is 44.6 Å². The summed E-state index contributed by atoms with van der Waals surface area (Å²) in [5.41, 5.74) is 3.12. The van der Waals surface area contributed by atoms with Gasteiger partial charge in [-0.15, -0.1) is 11.3 Å². The third-order valence-corrected chi connectivity index (χ3v) is 9.13. The van der Waals surface area contributed by atoms with Crippen LogP contribution in [0.4, 0.5) is 5.69 Å². The second kappa shape index (κ2) is 8.53. The lowest BCUT2D eigenvalue weighted by atomic mass is 9.85. The van der Waals surface area contributed by atoms with Crippen LogP contribution < -0.4 is 5.32 Å². The van der Waals surface area contributed by atoms with Crippen LogP contribution in [0.3, 0.4) is 0 Å². The van der Waals surface area contributed by atoms with Gasteiger partial charge in [0.15, 0.2) is 0 Å². The molecule has 0 radical (unpaired) electrons. The molecule has 1 saturated heterocycles. The standard InChI is InChI=1S/C20H25ClN2O3S2/c1-13-4-5-17(12-14(13)2)22-20(24)15(3)16-8-10-23(11-9-16)28(25,26)19-7-6-18(21)27-19/h4-7,12,15-16H,8-11H2,1-3H3,(H,22,24). The molecule has 1 aliphatic heterocycles. The summed E-state index contributed by atoms with van der Waals surface area (Å²) in [5, 5.41) is 2.99. The van der Waals surface area contributed by atoms with Gasteiger partial charge in [0.05, 0.1) is 4.34 Å². The van der Waals surface area contributed by atoms with Crippen LogP contribution >= 0.6 is 22.9 Å². The van der Waals surface area contributed by atoms with Crippen LogP contribution in [0.2, 0.25) is 4.34 Å². The molecule has 1 aliphatic rings. The molecular formula is C20H25ClN2O3S2. The summed E-state index contributed by atoms with van der Waals surface area (Å²) in [5.74, 6) is -0.0397. The number of hydrogen-bond acceptors (Lipinski definition) is 4. The molecule has 1 amide bonds. The number of hydrogen-bond donors (Lipinski definition) is 1. The Morgan fingerprint density at radius 1 is 1.18 bits per heavy atom. The predicted octanol–water partition coefficient (Wildman–Crippen LogP) is 4.69. The van der Waals surface area contributed by atoms with Crippen molar-refractivity contribution in [3.8, 4) is 0 Å². The van der Waals surface area contributed by atoms with E-state index < -0.39 is 10.0 Å². The highest BCUT2D eigenvalue weighted by molar-refractivity contribution is 7.91. The SMILES string of the molecule is Cc1ccc(NC(=O)C(C)C2CCN(S(=O)(=O)c3ccc(Cl)s3)CC2)cc1C. The second-order valence-electron chi connectivity index (χ2n) is 7.38. The number of thiophene rings is 1. The van der Waals surface area contributed by atoms with Crippen molar-refractivity contribution in [2.45, 2.75) is 37.8 Å². The van der Waals surface area contributed by atoms with Crippen molar-refractivity contribution in [2.24, 2.45) is 11.8 Å². The van der Waals surface area contributed by atoms with Gasteiger partial charge < -0.3 is 5.32 Å². The molecule has 0 aliphatic carbocycles. The molecule has 1 atom stereocenters. The first kappa shape index (κ1) is 21.3. The van der Waals surface area contributed by atoms with Gasteiger partial charge in [-0.1, -0.05) is 24.6 Å². The van der Waals surface area contributed by atoms with Crippen LogP contribution in [0.1, 0.15) is 30.9 Å². The molecule has 8 heteroatoms. The van der Waals surface area contributed by atoms with Gasteiger partial charge in [-0.3, -0.25) is 4.79 Å². The number of amides is 1. The first-order chi connectivity index (χ1) is 13.2. The number of nitrogens with zero attached hydrogens (tertiary/aromatic N) is 1. The normalized spacial score (nSPS) is 17.4. The summed E-state index contributed by atoms with van der Waals surface area (Å²) in [4.78, 5) is 12.7. The summed E-state index contributed by atoms with van der Waals surface area (Å²) in [6.07, 6.45) is 1.33. The number of sulfonamides is 1. The number of halogens is 1. The molecule has 0 saturated carbocycles. The highest BCUT2D eigenvalue weighted by atomic mass is 35.5. The van der Waals surface area contributed by atoms with E-state index in [4.69, 9.17) is 11.6 Å². The molecule has 1 aromatic carbocycles. The van der Waals surface area contributed by atoms with E-state index in [2.05, 4.69) is 5.32 Å². The molecule has 0 bridgehead atoms. The van der Waals surface area contributed by atoms with Crippen molar-refractivity contribution in [1.82, 2.24) is 4.31 Å². The monoisotopic (exact) mass is 440 g/mol. The molecule has 1 N–H and O–H groups in total. The van der Waals surface area contributed by atoms with Crippen LogP contribution in [0.25, 0.3) is 0 Å². The Hall–Kier alpha value is -1.41. The molecule has 28 heavy (non-hydrogen) atoms.